The second kappa shape index (κ2) is 6.72. The minimum Gasteiger partial charge on any atom is -0.497 e. The first-order chi connectivity index (χ1) is 8.99. The first kappa shape index (κ1) is 14.9. The van der Waals surface area contributed by atoms with Crippen LogP contribution in [0.3, 0.4) is 0 Å². The van der Waals surface area contributed by atoms with Crippen molar-refractivity contribution in [3.8, 4) is 5.75 Å². The number of carbonyl (C=O) groups is 2. The number of carbonyl (C=O) groups excluding carboxylic acids is 2. The minimum atomic E-state index is -0.728. The van der Waals surface area contributed by atoms with Gasteiger partial charge in [0.05, 0.1) is 12.7 Å². The van der Waals surface area contributed by atoms with Gasteiger partial charge in [-0.15, -0.1) is 0 Å². The molecule has 0 spiro atoms. The topological polar surface area (TPSA) is 67.4 Å². The molecule has 0 aromatic heterocycles. The fourth-order valence-corrected chi connectivity index (χ4v) is 1.47. The van der Waals surface area contributed by atoms with Gasteiger partial charge >= 0.3 is 0 Å². The van der Waals surface area contributed by atoms with Crippen molar-refractivity contribution >= 4 is 11.8 Å². The molecular weight excluding hydrogens is 251 g/mol. The highest BCUT2D eigenvalue weighted by Gasteiger charge is 2.18. The van der Waals surface area contributed by atoms with E-state index < -0.39 is 17.8 Å². The average Bonchev–Trinajstić information content (AvgIpc) is 2.38. The van der Waals surface area contributed by atoms with Crippen LogP contribution in [-0.4, -0.2) is 31.5 Å². The summed E-state index contributed by atoms with van der Waals surface area (Å²) in [7, 11) is 1.41. The molecule has 0 saturated heterocycles. The van der Waals surface area contributed by atoms with Crippen LogP contribution in [0.5, 0.6) is 5.75 Å². The fourth-order valence-electron chi connectivity index (χ4n) is 1.47. The Labute approximate surface area is 111 Å². The van der Waals surface area contributed by atoms with E-state index >= 15 is 0 Å². The van der Waals surface area contributed by atoms with Crippen LogP contribution in [0.4, 0.5) is 4.39 Å². The Balaban J connectivity index is 2.75. The van der Waals surface area contributed by atoms with Crippen LogP contribution >= 0.6 is 0 Å². The van der Waals surface area contributed by atoms with Gasteiger partial charge in [0, 0.05) is 12.6 Å². The number of ether oxygens (including phenoxy) is 1. The Morgan fingerprint density at radius 3 is 2.63 bits per heavy atom. The van der Waals surface area contributed by atoms with Crippen LogP contribution in [0.2, 0.25) is 0 Å². The predicted molar refractivity (Wildman–Crippen MR) is 68.6 cm³/mol. The quantitative estimate of drug-likeness (QED) is 0.840. The number of hydrogen-bond acceptors (Lipinski definition) is 3. The highest BCUT2D eigenvalue weighted by Crippen LogP contribution is 2.16. The first-order valence-electron chi connectivity index (χ1n) is 5.91. The molecule has 0 heterocycles. The zero-order valence-electron chi connectivity index (χ0n) is 11.1. The number of nitrogens with one attached hydrogen (secondary N) is 2. The summed E-state index contributed by atoms with van der Waals surface area (Å²) in [5, 5.41) is 4.99. The summed E-state index contributed by atoms with van der Waals surface area (Å²) < 4.78 is 18.5. The van der Waals surface area contributed by atoms with Gasteiger partial charge in [-0.1, -0.05) is 0 Å². The van der Waals surface area contributed by atoms with Gasteiger partial charge < -0.3 is 15.4 Å². The van der Waals surface area contributed by atoms with Gasteiger partial charge in [0.15, 0.2) is 0 Å². The lowest BCUT2D eigenvalue weighted by atomic mass is 10.1. The zero-order valence-corrected chi connectivity index (χ0v) is 11.1. The van der Waals surface area contributed by atoms with Gasteiger partial charge in [-0.2, -0.15) is 0 Å². The van der Waals surface area contributed by atoms with E-state index in [0.29, 0.717) is 12.3 Å². The lowest BCUT2D eigenvalue weighted by molar-refractivity contribution is -0.122. The molecule has 1 unspecified atom stereocenters. The lowest BCUT2D eigenvalue weighted by Crippen LogP contribution is -2.44. The Morgan fingerprint density at radius 2 is 2.11 bits per heavy atom. The number of hydrogen-bond donors (Lipinski definition) is 2. The van der Waals surface area contributed by atoms with Gasteiger partial charge in [0.2, 0.25) is 5.91 Å². The fraction of sp³-hybridized carbons (Fsp3) is 0.385. The van der Waals surface area contributed by atoms with Crippen molar-refractivity contribution in [1.82, 2.24) is 10.6 Å². The summed E-state index contributed by atoms with van der Waals surface area (Å²) in [4.78, 5) is 23.3. The van der Waals surface area contributed by atoms with Crippen molar-refractivity contribution in [2.24, 2.45) is 0 Å². The third-order valence-corrected chi connectivity index (χ3v) is 2.51. The smallest absolute Gasteiger partial charge is 0.254 e. The van der Waals surface area contributed by atoms with E-state index in [1.54, 1.807) is 6.92 Å². The van der Waals surface area contributed by atoms with Crippen LogP contribution in [0.1, 0.15) is 24.2 Å². The molecule has 1 atom stereocenters. The van der Waals surface area contributed by atoms with Gasteiger partial charge in [-0.05, 0) is 26.0 Å². The molecule has 2 N–H and O–H groups in total. The molecule has 1 rings (SSSR count). The van der Waals surface area contributed by atoms with Crippen molar-refractivity contribution in [2.45, 2.75) is 19.9 Å². The summed E-state index contributed by atoms with van der Waals surface area (Å²) in [5.74, 6) is -1.32. The van der Waals surface area contributed by atoms with Crippen LogP contribution in [-0.2, 0) is 4.79 Å². The number of rotatable bonds is 5. The van der Waals surface area contributed by atoms with Gasteiger partial charge in [-0.25, -0.2) is 4.39 Å². The molecule has 0 fully saturated rings. The average molecular weight is 268 g/mol. The second-order valence-electron chi connectivity index (χ2n) is 3.94. The molecule has 1 aromatic rings. The molecule has 0 aliphatic carbocycles. The highest BCUT2D eigenvalue weighted by atomic mass is 19.1. The van der Waals surface area contributed by atoms with Crippen molar-refractivity contribution in [3.05, 3.63) is 29.6 Å². The van der Waals surface area contributed by atoms with Crippen LogP contribution in [0, 0.1) is 5.82 Å². The van der Waals surface area contributed by atoms with E-state index in [9.17, 15) is 14.0 Å². The number of halogens is 1. The molecule has 0 aliphatic rings. The van der Waals surface area contributed by atoms with E-state index in [4.69, 9.17) is 4.74 Å². The van der Waals surface area contributed by atoms with Crippen LogP contribution in [0.25, 0.3) is 0 Å². The maximum atomic E-state index is 13.6. The largest absolute Gasteiger partial charge is 0.497 e. The SMILES string of the molecule is CCNC(=O)C(C)NC(=O)c1ccc(OC)cc1F. The van der Waals surface area contributed by atoms with Gasteiger partial charge in [0.25, 0.3) is 5.91 Å². The number of likely N-dealkylation sites (N-methyl/N-ethyl adjacent to an activating group) is 1. The maximum Gasteiger partial charge on any atom is 0.254 e. The minimum absolute atomic E-state index is 0.128. The van der Waals surface area contributed by atoms with E-state index in [2.05, 4.69) is 10.6 Å². The predicted octanol–water partition coefficient (Wildman–Crippen LogP) is 1.09. The van der Waals surface area contributed by atoms with E-state index in [0.717, 1.165) is 6.07 Å². The van der Waals surface area contributed by atoms with Crippen molar-refractivity contribution < 1.29 is 18.7 Å². The molecule has 0 radical (unpaired) electrons. The van der Waals surface area contributed by atoms with Crippen LogP contribution in [0.15, 0.2) is 18.2 Å². The van der Waals surface area contributed by atoms with Gasteiger partial charge in [0.1, 0.15) is 17.6 Å². The maximum absolute atomic E-state index is 13.6. The van der Waals surface area contributed by atoms with Crippen molar-refractivity contribution in [2.75, 3.05) is 13.7 Å². The normalized spacial score (nSPS) is 11.6. The standard InChI is InChI=1S/C13H17FN2O3/c1-4-15-12(17)8(2)16-13(18)10-6-5-9(19-3)7-11(10)14/h5-8H,4H2,1-3H3,(H,15,17)(H,16,18). The zero-order chi connectivity index (χ0) is 14.4. The number of amides is 2. The third kappa shape index (κ3) is 3.94. The van der Waals surface area contributed by atoms with E-state index in [1.807, 2.05) is 0 Å². The van der Waals surface area contributed by atoms with Gasteiger partial charge in [-0.3, -0.25) is 9.59 Å². The molecule has 0 aliphatic heterocycles. The van der Waals surface area contributed by atoms with E-state index in [-0.39, 0.29) is 11.5 Å². The Bertz CT molecular complexity index is 477. The summed E-state index contributed by atoms with van der Waals surface area (Å²) in [6.07, 6.45) is 0. The highest BCUT2D eigenvalue weighted by molar-refractivity contribution is 5.97. The molecule has 19 heavy (non-hydrogen) atoms. The van der Waals surface area contributed by atoms with Crippen molar-refractivity contribution in [3.63, 3.8) is 0 Å². The lowest BCUT2D eigenvalue weighted by Gasteiger charge is -2.13. The Hall–Kier alpha value is -2.11. The molecule has 0 bridgehead atoms. The summed E-state index contributed by atoms with van der Waals surface area (Å²) in [5.41, 5.74) is -0.128. The Kier molecular flexibility index (Phi) is 5.29. The number of benzene rings is 1. The monoisotopic (exact) mass is 268 g/mol. The summed E-state index contributed by atoms with van der Waals surface area (Å²) in [6, 6.07) is 3.18. The van der Waals surface area contributed by atoms with Crippen LogP contribution < -0.4 is 15.4 Å². The number of methoxy groups -OCH3 is 1. The molecular formula is C13H17FN2O3. The van der Waals surface area contributed by atoms with E-state index in [1.165, 1.54) is 26.2 Å². The first-order valence-corrected chi connectivity index (χ1v) is 5.91. The molecule has 6 heteroatoms. The third-order valence-electron chi connectivity index (χ3n) is 2.51. The Morgan fingerprint density at radius 1 is 1.42 bits per heavy atom. The summed E-state index contributed by atoms with van der Waals surface area (Å²) in [6.45, 7) is 3.77. The molecule has 5 nitrogen and oxygen atoms in total. The molecule has 1 aromatic carbocycles. The molecule has 2 amide bonds. The summed E-state index contributed by atoms with van der Waals surface area (Å²) >= 11 is 0. The molecule has 0 saturated carbocycles. The second-order valence-corrected chi connectivity index (χ2v) is 3.94. The van der Waals surface area contributed by atoms with Crippen molar-refractivity contribution in [1.29, 1.82) is 0 Å². The molecule has 104 valence electrons.